The van der Waals surface area contributed by atoms with Gasteiger partial charge in [0, 0.05) is 13.1 Å². The predicted molar refractivity (Wildman–Crippen MR) is 49.9 cm³/mol. The molecule has 7 heteroatoms. The Morgan fingerprint density at radius 3 is 3.13 bits per heavy atom. The summed E-state index contributed by atoms with van der Waals surface area (Å²) in [5.41, 5.74) is 0. The molecule has 1 unspecified atom stereocenters. The minimum atomic E-state index is -0.462. The van der Waals surface area contributed by atoms with Crippen LogP contribution in [0, 0.1) is 0 Å². The third-order valence-electron chi connectivity index (χ3n) is 2.38. The van der Waals surface area contributed by atoms with Crippen molar-refractivity contribution in [1.82, 2.24) is 25.4 Å². The highest BCUT2D eigenvalue weighted by Gasteiger charge is 2.30. The van der Waals surface area contributed by atoms with Gasteiger partial charge in [-0.05, 0) is 6.92 Å². The number of piperazine rings is 1. The molecular weight excluding hydrogens is 198 g/mol. The van der Waals surface area contributed by atoms with Gasteiger partial charge in [-0.2, -0.15) is 5.10 Å². The quantitative estimate of drug-likeness (QED) is 0.605. The molecule has 7 nitrogen and oxygen atoms in total. The molecule has 0 saturated carbocycles. The van der Waals surface area contributed by atoms with E-state index in [0.29, 0.717) is 13.1 Å². The summed E-state index contributed by atoms with van der Waals surface area (Å²) in [5, 5.41) is 8.77. The lowest BCUT2D eigenvalue weighted by molar-refractivity contribution is -0.127. The van der Waals surface area contributed by atoms with Gasteiger partial charge < -0.3 is 10.2 Å². The van der Waals surface area contributed by atoms with Gasteiger partial charge in [0.1, 0.15) is 12.4 Å². The van der Waals surface area contributed by atoms with Crippen molar-refractivity contribution in [3.63, 3.8) is 0 Å². The Labute approximate surface area is 85.9 Å². The first-order chi connectivity index (χ1) is 7.20. The second kappa shape index (κ2) is 3.68. The summed E-state index contributed by atoms with van der Waals surface area (Å²) in [5.74, 6) is -0.277. The zero-order valence-electron chi connectivity index (χ0n) is 8.23. The van der Waals surface area contributed by atoms with Gasteiger partial charge in [0.2, 0.25) is 11.7 Å². The molecule has 2 heterocycles. The number of hydrogen-bond acceptors (Lipinski definition) is 4. The van der Waals surface area contributed by atoms with Crippen LogP contribution in [0.25, 0.3) is 0 Å². The van der Waals surface area contributed by atoms with Gasteiger partial charge in [0.05, 0.1) is 0 Å². The fraction of sp³-hybridized carbons (Fsp3) is 0.500. The third-order valence-corrected chi connectivity index (χ3v) is 2.38. The number of nitrogens with zero attached hydrogens (tertiary/aromatic N) is 3. The molecule has 0 bridgehead atoms. The van der Waals surface area contributed by atoms with Gasteiger partial charge in [-0.25, -0.2) is 4.98 Å². The maximum Gasteiger partial charge on any atom is 0.291 e. The molecular formula is C8H11N5O2. The van der Waals surface area contributed by atoms with Crippen LogP contribution in [-0.4, -0.2) is 51.0 Å². The zero-order chi connectivity index (χ0) is 10.8. The van der Waals surface area contributed by atoms with Crippen molar-refractivity contribution < 1.29 is 9.59 Å². The van der Waals surface area contributed by atoms with Crippen LogP contribution in [0.1, 0.15) is 17.5 Å². The SMILES string of the molecule is CC1C(=O)NCCN1C(=O)c1ncn[nH]1. The Kier molecular flexibility index (Phi) is 2.36. The average Bonchev–Trinajstić information content (AvgIpc) is 2.74. The van der Waals surface area contributed by atoms with Gasteiger partial charge in [-0.1, -0.05) is 0 Å². The van der Waals surface area contributed by atoms with Crippen LogP contribution in [0.5, 0.6) is 0 Å². The average molecular weight is 209 g/mol. The molecule has 1 aliphatic heterocycles. The summed E-state index contributed by atoms with van der Waals surface area (Å²) >= 11 is 0. The van der Waals surface area contributed by atoms with Gasteiger partial charge in [-0.15, -0.1) is 0 Å². The lowest BCUT2D eigenvalue weighted by Crippen LogP contribution is -2.56. The summed E-state index contributed by atoms with van der Waals surface area (Å²) in [6.07, 6.45) is 1.27. The van der Waals surface area contributed by atoms with Crippen LogP contribution in [0.4, 0.5) is 0 Å². The van der Waals surface area contributed by atoms with Crippen molar-refractivity contribution in [2.75, 3.05) is 13.1 Å². The smallest absolute Gasteiger partial charge is 0.291 e. The number of carbonyl (C=O) groups excluding carboxylic acids is 2. The van der Waals surface area contributed by atoms with Gasteiger partial charge in [0.15, 0.2) is 0 Å². The number of aromatic nitrogens is 3. The first kappa shape index (κ1) is 9.63. The second-order valence-electron chi connectivity index (χ2n) is 3.30. The van der Waals surface area contributed by atoms with Crippen LogP contribution < -0.4 is 5.32 Å². The normalized spacial score (nSPS) is 21.3. The zero-order valence-corrected chi connectivity index (χ0v) is 8.23. The Morgan fingerprint density at radius 2 is 2.47 bits per heavy atom. The van der Waals surface area contributed by atoms with E-state index in [9.17, 15) is 9.59 Å². The number of amides is 2. The standard InChI is InChI=1S/C8H11N5O2/c1-5-7(14)9-2-3-13(5)8(15)6-10-4-11-12-6/h4-5H,2-3H2,1H3,(H,9,14)(H,10,11,12). The number of H-pyrrole nitrogens is 1. The monoisotopic (exact) mass is 209 g/mol. The summed E-state index contributed by atoms with van der Waals surface area (Å²) in [4.78, 5) is 28.4. The van der Waals surface area contributed by atoms with Crippen LogP contribution >= 0.6 is 0 Å². The molecule has 15 heavy (non-hydrogen) atoms. The third kappa shape index (κ3) is 1.67. The lowest BCUT2D eigenvalue weighted by Gasteiger charge is -2.31. The predicted octanol–water partition coefficient (Wildman–Crippen LogP) is -1.23. The Balaban J connectivity index is 2.16. The second-order valence-corrected chi connectivity index (χ2v) is 3.30. The number of hydrogen-bond donors (Lipinski definition) is 2. The Morgan fingerprint density at radius 1 is 1.67 bits per heavy atom. The van der Waals surface area contributed by atoms with Crippen molar-refractivity contribution in [3.8, 4) is 0 Å². The highest BCUT2D eigenvalue weighted by atomic mass is 16.2. The first-order valence-corrected chi connectivity index (χ1v) is 4.64. The molecule has 80 valence electrons. The molecule has 1 aromatic heterocycles. The van der Waals surface area contributed by atoms with E-state index in [1.807, 2.05) is 0 Å². The molecule has 1 aliphatic rings. The maximum atomic E-state index is 11.8. The van der Waals surface area contributed by atoms with Crippen LogP contribution in [0.2, 0.25) is 0 Å². The minimum Gasteiger partial charge on any atom is -0.353 e. The summed E-state index contributed by atoms with van der Waals surface area (Å²) in [6.45, 7) is 2.65. The van der Waals surface area contributed by atoms with E-state index >= 15 is 0 Å². The molecule has 0 radical (unpaired) electrons. The fourth-order valence-electron chi connectivity index (χ4n) is 1.50. The van der Waals surface area contributed by atoms with E-state index in [-0.39, 0.29) is 17.6 Å². The molecule has 1 atom stereocenters. The summed E-state index contributed by atoms with van der Waals surface area (Å²) in [7, 11) is 0. The van der Waals surface area contributed by atoms with E-state index in [2.05, 4.69) is 20.5 Å². The minimum absolute atomic E-state index is 0.144. The van der Waals surface area contributed by atoms with E-state index in [4.69, 9.17) is 0 Å². The van der Waals surface area contributed by atoms with E-state index < -0.39 is 6.04 Å². The number of carbonyl (C=O) groups is 2. The van der Waals surface area contributed by atoms with Crippen molar-refractivity contribution in [3.05, 3.63) is 12.2 Å². The number of nitrogens with one attached hydrogen (secondary N) is 2. The highest BCUT2D eigenvalue weighted by molar-refractivity contribution is 5.95. The van der Waals surface area contributed by atoms with Crippen LogP contribution in [-0.2, 0) is 4.79 Å². The Bertz CT molecular complexity index is 374. The topological polar surface area (TPSA) is 91.0 Å². The molecule has 1 aromatic rings. The molecule has 0 spiro atoms. The van der Waals surface area contributed by atoms with Crippen molar-refractivity contribution in [2.24, 2.45) is 0 Å². The molecule has 0 aromatic carbocycles. The van der Waals surface area contributed by atoms with Crippen molar-refractivity contribution in [2.45, 2.75) is 13.0 Å². The van der Waals surface area contributed by atoms with E-state index in [1.54, 1.807) is 6.92 Å². The van der Waals surface area contributed by atoms with Gasteiger partial charge in [-0.3, -0.25) is 14.7 Å². The number of rotatable bonds is 1. The highest BCUT2D eigenvalue weighted by Crippen LogP contribution is 2.07. The lowest BCUT2D eigenvalue weighted by atomic mass is 10.2. The molecule has 2 amide bonds. The van der Waals surface area contributed by atoms with Crippen molar-refractivity contribution >= 4 is 11.8 Å². The molecule has 2 rings (SSSR count). The molecule has 0 aliphatic carbocycles. The summed E-state index contributed by atoms with van der Waals surface area (Å²) < 4.78 is 0. The maximum absolute atomic E-state index is 11.8. The van der Waals surface area contributed by atoms with E-state index in [0.717, 1.165) is 0 Å². The van der Waals surface area contributed by atoms with Crippen LogP contribution in [0.3, 0.4) is 0 Å². The first-order valence-electron chi connectivity index (χ1n) is 4.64. The molecule has 1 fully saturated rings. The Hall–Kier alpha value is -1.92. The van der Waals surface area contributed by atoms with Crippen molar-refractivity contribution in [1.29, 1.82) is 0 Å². The molecule has 2 N–H and O–H groups in total. The largest absolute Gasteiger partial charge is 0.353 e. The van der Waals surface area contributed by atoms with Gasteiger partial charge in [0.25, 0.3) is 5.91 Å². The van der Waals surface area contributed by atoms with Crippen LogP contribution in [0.15, 0.2) is 6.33 Å². The van der Waals surface area contributed by atoms with E-state index in [1.165, 1.54) is 11.2 Å². The van der Waals surface area contributed by atoms with Gasteiger partial charge >= 0.3 is 0 Å². The fourth-order valence-corrected chi connectivity index (χ4v) is 1.50. The number of aromatic amines is 1. The molecule has 1 saturated heterocycles. The summed E-state index contributed by atoms with van der Waals surface area (Å²) in [6, 6.07) is -0.462.